The van der Waals surface area contributed by atoms with Crippen LogP contribution in [0.15, 0.2) is 72.9 Å². The summed E-state index contributed by atoms with van der Waals surface area (Å²) in [6.07, 6.45) is 1.76. The van der Waals surface area contributed by atoms with Crippen molar-refractivity contribution in [3.8, 4) is 11.3 Å². The monoisotopic (exact) mass is 328 g/mol. The van der Waals surface area contributed by atoms with Gasteiger partial charge in [-0.2, -0.15) is 0 Å². The van der Waals surface area contributed by atoms with E-state index in [-0.39, 0.29) is 0 Å². The zero-order valence-corrected chi connectivity index (χ0v) is 13.4. The van der Waals surface area contributed by atoms with Crippen LogP contribution in [0.5, 0.6) is 0 Å². The molecule has 4 rings (SSSR count). The van der Waals surface area contributed by atoms with E-state index in [0.29, 0.717) is 5.56 Å². The summed E-state index contributed by atoms with van der Waals surface area (Å²) < 4.78 is 0. The van der Waals surface area contributed by atoms with Crippen molar-refractivity contribution in [3.05, 3.63) is 78.5 Å². The highest BCUT2D eigenvalue weighted by atomic mass is 16.1. The summed E-state index contributed by atoms with van der Waals surface area (Å²) in [6, 6.07) is 21.2. The van der Waals surface area contributed by atoms with E-state index in [2.05, 4.69) is 33.5 Å². The number of nitrogens with two attached hydrogens (primary N) is 1. The number of pyridine rings is 1. The number of carbonyl (C=O) groups is 1. The summed E-state index contributed by atoms with van der Waals surface area (Å²) in [7, 11) is 0. The van der Waals surface area contributed by atoms with Crippen molar-refractivity contribution in [1.29, 1.82) is 0 Å². The molecule has 0 saturated carbocycles. The van der Waals surface area contributed by atoms with Gasteiger partial charge in [0.25, 0.3) is 0 Å². The Morgan fingerprint density at radius 1 is 1.00 bits per heavy atom. The number of anilines is 2. The number of rotatable bonds is 4. The number of benzene rings is 2. The Kier molecular flexibility index (Phi) is 3.67. The van der Waals surface area contributed by atoms with Gasteiger partial charge in [0.15, 0.2) is 0 Å². The minimum Gasteiger partial charge on any atom is -0.366 e. The highest BCUT2D eigenvalue weighted by Crippen LogP contribution is 2.29. The Hall–Kier alpha value is -3.60. The number of H-pyrrole nitrogens is 1. The maximum Gasteiger partial charge on any atom is 0.248 e. The summed E-state index contributed by atoms with van der Waals surface area (Å²) in [4.78, 5) is 19.0. The molecule has 0 fully saturated rings. The molecule has 0 spiro atoms. The number of hydrogen-bond donors (Lipinski definition) is 3. The van der Waals surface area contributed by atoms with Crippen molar-refractivity contribution in [2.24, 2.45) is 5.73 Å². The standard InChI is InChI=1S/C20H16N4O/c21-19(25)14-6-8-15(9-7-14)23-20-16-12-18(13-4-2-1-3-5-13)24-17(16)10-11-22-20/h1-12,24H,(H2,21,25)(H,22,23). The van der Waals surface area contributed by atoms with Crippen LogP contribution in [0.1, 0.15) is 10.4 Å². The fourth-order valence-corrected chi connectivity index (χ4v) is 2.78. The largest absolute Gasteiger partial charge is 0.366 e. The molecule has 2 aromatic heterocycles. The minimum absolute atomic E-state index is 0.440. The van der Waals surface area contributed by atoms with Gasteiger partial charge in [0, 0.05) is 28.5 Å². The van der Waals surface area contributed by atoms with Crippen molar-refractivity contribution in [1.82, 2.24) is 9.97 Å². The van der Waals surface area contributed by atoms with Crippen LogP contribution in [0.3, 0.4) is 0 Å². The SMILES string of the molecule is NC(=O)c1ccc(Nc2nccc3[nH]c(-c4ccccc4)cc23)cc1. The van der Waals surface area contributed by atoms with Crippen molar-refractivity contribution in [3.63, 3.8) is 0 Å². The molecule has 25 heavy (non-hydrogen) atoms. The second-order valence-corrected chi connectivity index (χ2v) is 5.74. The third-order valence-electron chi connectivity index (χ3n) is 4.07. The molecule has 122 valence electrons. The molecule has 0 unspecified atom stereocenters. The molecule has 2 heterocycles. The number of carbonyl (C=O) groups excluding carboxylic acids is 1. The first-order valence-electron chi connectivity index (χ1n) is 7.91. The van der Waals surface area contributed by atoms with Crippen LogP contribution in [-0.4, -0.2) is 15.9 Å². The van der Waals surface area contributed by atoms with Gasteiger partial charge in [-0.05, 0) is 42.0 Å². The second-order valence-electron chi connectivity index (χ2n) is 5.74. The van der Waals surface area contributed by atoms with E-state index in [1.54, 1.807) is 18.3 Å². The summed E-state index contributed by atoms with van der Waals surface area (Å²) in [5.74, 6) is 0.313. The van der Waals surface area contributed by atoms with E-state index in [4.69, 9.17) is 5.73 Å². The molecule has 4 aromatic rings. The van der Waals surface area contributed by atoms with Gasteiger partial charge >= 0.3 is 0 Å². The Labute approximate surface area is 144 Å². The van der Waals surface area contributed by atoms with Gasteiger partial charge in [-0.1, -0.05) is 30.3 Å². The number of primary amides is 1. The molecular weight excluding hydrogens is 312 g/mol. The van der Waals surface area contributed by atoms with Gasteiger partial charge in [-0.25, -0.2) is 4.98 Å². The van der Waals surface area contributed by atoms with Crippen molar-refractivity contribution >= 4 is 28.3 Å². The van der Waals surface area contributed by atoms with E-state index < -0.39 is 5.91 Å². The highest BCUT2D eigenvalue weighted by molar-refractivity contribution is 5.96. The predicted molar refractivity (Wildman–Crippen MR) is 99.8 cm³/mol. The Balaban J connectivity index is 1.70. The normalized spacial score (nSPS) is 10.7. The van der Waals surface area contributed by atoms with Gasteiger partial charge in [0.1, 0.15) is 5.82 Å². The van der Waals surface area contributed by atoms with Crippen LogP contribution in [0.25, 0.3) is 22.2 Å². The van der Waals surface area contributed by atoms with Crippen molar-refractivity contribution in [2.75, 3.05) is 5.32 Å². The lowest BCUT2D eigenvalue weighted by atomic mass is 10.1. The summed E-state index contributed by atoms with van der Waals surface area (Å²) >= 11 is 0. The highest BCUT2D eigenvalue weighted by Gasteiger charge is 2.09. The molecule has 0 aliphatic carbocycles. The van der Waals surface area contributed by atoms with E-state index in [0.717, 1.165) is 33.7 Å². The third kappa shape index (κ3) is 2.95. The molecule has 0 aliphatic heterocycles. The molecule has 0 aliphatic rings. The molecule has 0 radical (unpaired) electrons. The zero-order chi connectivity index (χ0) is 17.2. The predicted octanol–water partition coefficient (Wildman–Crippen LogP) is 4.07. The number of aromatic amines is 1. The molecular formula is C20H16N4O. The topological polar surface area (TPSA) is 83.8 Å². The number of nitrogens with zero attached hydrogens (tertiary/aromatic N) is 1. The number of nitrogens with one attached hydrogen (secondary N) is 2. The Morgan fingerprint density at radius 3 is 2.48 bits per heavy atom. The molecule has 0 atom stereocenters. The van der Waals surface area contributed by atoms with Crippen LogP contribution < -0.4 is 11.1 Å². The third-order valence-corrected chi connectivity index (χ3v) is 4.07. The van der Waals surface area contributed by atoms with Gasteiger partial charge in [-0.15, -0.1) is 0 Å². The number of amides is 1. The smallest absolute Gasteiger partial charge is 0.248 e. The van der Waals surface area contributed by atoms with Gasteiger partial charge in [0.2, 0.25) is 5.91 Å². The summed E-state index contributed by atoms with van der Waals surface area (Å²) in [5.41, 5.74) is 9.75. The van der Waals surface area contributed by atoms with E-state index in [1.807, 2.05) is 36.4 Å². The fourth-order valence-electron chi connectivity index (χ4n) is 2.78. The van der Waals surface area contributed by atoms with Gasteiger partial charge in [0.05, 0.1) is 5.52 Å². The summed E-state index contributed by atoms with van der Waals surface area (Å²) in [6.45, 7) is 0. The Bertz CT molecular complexity index is 1040. The van der Waals surface area contributed by atoms with Crippen LogP contribution in [0, 0.1) is 0 Å². The molecule has 2 aromatic carbocycles. The van der Waals surface area contributed by atoms with Gasteiger partial charge in [-0.3, -0.25) is 4.79 Å². The molecule has 5 nitrogen and oxygen atoms in total. The quantitative estimate of drug-likeness (QED) is 0.528. The minimum atomic E-state index is -0.440. The first-order chi connectivity index (χ1) is 12.2. The average Bonchev–Trinajstić information content (AvgIpc) is 3.08. The second kappa shape index (κ2) is 6.13. The molecule has 0 saturated heterocycles. The van der Waals surface area contributed by atoms with Crippen LogP contribution in [0.4, 0.5) is 11.5 Å². The Morgan fingerprint density at radius 2 is 1.76 bits per heavy atom. The lowest BCUT2D eigenvalue weighted by molar-refractivity contribution is 0.100. The van der Waals surface area contributed by atoms with E-state index >= 15 is 0 Å². The number of hydrogen-bond acceptors (Lipinski definition) is 3. The average molecular weight is 328 g/mol. The first-order valence-corrected chi connectivity index (χ1v) is 7.91. The van der Waals surface area contributed by atoms with E-state index in [1.165, 1.54) is 0 Å². The van der Waals surface area contributed by atoms with Crippen LogP contribution in [-0.2, 0) is 0 Å². The molecule has 1 amide bonds. The number of aromatic nitrogens is 2. The number of fused-ring (bicyclic) bond motifs is 1. The van der Waals surface area contributed by atoms with Crippen molar-refractivity contribution < 1.29 is 4.79 Å². The lowest BCUT2D eigenvalue weighted by Crippen LogP contribution is -2.10. The molecule has 5 heteroatoms. The van der Waals surface area contributed by atoms with Crippen LogP contribution in [0.2, 0.25) is 0 Å². The zero-order valence-electron chi connectivity index (χ0n) is 13.4. The first kappa shape index (κ1) is 15.0. The lowest BCUT2D eigenvalue weighted by Gasteiger charge is -2.07. The van der Waals surface area contributed by atoms with Gasteiger partial charge < -0.3 is 16.0 Å². The van der Waals surface area contributed by atoms with E-state index in [9.17, 15) is 4.79 Å². The summed E-state index contributed by atoms with van der Waals surface area (Å²) in [5, 5.41) is 4.29. The molecule has 4 N–H and O–H groups in total. The maximum atomic E-state index is 11.2. The van der Waals surface area contributed by atoms with Crippen molar-refractivity contribution in [2.45, 2.75) is 0 Å². The maximum absolute atomic E-state index is 11.2. The van der Waals surface area contributed by atoms with Crippen LogP contribution >= 0.6 is 0 Å². The fraction of sp³-hybridized carbons (Fsp3) is 0. The molecule has 0 bridgehead atoms.